The van der Waals surface area contributed by atoms with Crippen molar-refractivity contribution in [1.82, 2.24) is 25.9 Å². The molecule has 0 spiro atoms. The smallest absolute Gasteiger partial charge is 0.348 e. The Bertz CT molecular complexity index is 907. The van der Waals surface area contributed by atoms with E-state index in [1.54, 1.807) is 6.07 Å². The summed E-state index contributed by atoms with van der Waals surface area (Å²) in [6.45, 7) is 1.43. The van der Waals surface area contributed by atoms with Crippen LogP contribution in [0, 0.1) is 5.82 Å². The lowest BCUT2D eigenvalue weighted by Gasteiger charge is -2.30. The molecule has 3 rings (SSSR count). The van der Waals surface area contributed by atoms with Crippen LogP contribution >= 0.6 is 0 Å². The lowest BCUT2D eigenvalue weighted by atomic mass is 10.0. The second kappa shape index (κ2) is 8.11. The Labute approximate surface area is 162 Å². The quantitative estimate of drug-likeness (QED) is 0.669. The van der Waals surface area contributed by atoms with Gasteiger partial charge in [-0.3, -0.25) is 14.9 Å². The van der Waals surface area contributed by atoms with E-state index in [1.165, 1.54) is 19.3 Å². The first-order chi connectivity index (χ1) is 13.6. The minimum absolute atomic E-state index is 0.102. The van der Waals surface area contributed by atoms with E-state index in [1.807, 2.05) is 0 Å². The minimum atomic E-state index is -4.67. The highest BCUT2D eigenvalue weighted by atomic mass is 19.4. The molecule has 1 fully saturated rings. The van der Waals surface area contributed by atoms with Crippen molar-refractivity contribution < 1.29 is 27.2 Å². The Morgan fingerprint density at radius 3 is 2.59 bits per heavy atom. The van der Waals surface area contributed by atoms with Crippen LogP contribution in [-0.4, -0.2) is 27.8 Å². The summed E-state index contributed by atoms with van der Waals surface area (Å²) in [5, 5.41) is 8.01. The highest BCUT2D eigenvalue weighted by Gasteiger charge is 2.34. The normalized spacial score (nSPS) is 20.7. The number of alkyl halides is 3. The number of nitrogens with zero attached hydrogens (tertiary/aromatic N) is 2. The number of carbonyl (C=O) groups is 2. The molecule has 3 N–H and O–H groups in total. The molecule has 1 saturated heterocycles. The average molecular weight is 411 g/mol. The molecule has 0 radical (unpaired) electrons. The molecule has 0 bridgehead atoms. The fourth-order valence-electron chi connectivity index (χ4n) is 2.92. The second-order valence-electron chi connectivity index (χ2n) is 6.50. The first-order valence-corrected chi connectivity index (χ1v) is 8.64. The van der Waals surface area contributed by atoms with Crippen LogP contribution in [0.25, 0.3) is 0 Å². The number of nitrogens with one attached hydrogen (secondary N) is 3. The Morgan fingerprint density at radius 1 is 1.28 bits per heavy atom. The Balaban J connectivity index is 1.70. The Hall–Kier alpha value is -3.08. The van der Waals surface area contributed by atoms with E-state index in [2.05, 4.69) is 25.9 Å². The van der Waals surface area contributed by atoms with Crippen LogP contribution in [0.15, 0.2) is 36.7 Å². The fraction of sp³-hybridized carbons (Fsp3) is 0.333. The van der Waals surface area contributed by atoms with Crippen molar-refractivity contribution >= 4 is 11.8 Å². The lowest BCUT2D eigenvalue weighted by molar-refractivity contribution is -0.137. The summed E-state index contributed by atoms with van der Waals surface area (Å²) in [5.41, 5.74) is -1.22. The largest absolute Gasteiger partial charge is 0.416 e. The maximum atomic E-state index is 14.1. The monoisotopic (exact) mass is 411 g/mol. The molecule has 154 valence electrons. The summed E-state index contributed by atoms with van der Waals surface area (Å²) < 4.78 is 52.1. The molecule has 1 aromatic heterocycles. The zero-order chi connectivity index (χ0) is 21.2. The summed E-state index contributed by atoms with van der Waals surface area (Å²) in [5.74, 6) is -1.83. The zero-order valence-corrected chi connectivity index (χ0v) is 15.1. The molecule has 1 aliphatic rings. The van der Waals surface area contributed by atoms with E-state index in [0.717, 1.165) is 12.1 Å². The third-order valence-corrected chi connectivity index (χ3v) is 4.38. The molecule has 2 unspecified atom stereocenters. The van der Waals surface area contributed by atoms with Crippen molar-refractivity contribution in [1.29, 1.82) is 0 Å². The maximum absolute atomic E-state index is 14.1. The number of rotatable bonds is 4. The first kappa shape index (κ1) is 20.6. The lowest BCUT2D eigenvalue weighted by Crippen LogP contribution is -2.56. The molecule has 0 aliphatic carbocycles. The summed E-state index contributed by atoms with van der Waals surface area (Å²) in [7, 11) is 0. The van der Waals surface area contributed by atoms with Crippen LogP contribution in [-0.2, 0) is 15.8 Å². The highest BCUT2D eigenvalue weighted by molar-refractivity contribution is 5.89. The van der Waals surface area contributed by atoms with Gasteiger partial charge in [-0.15, -0.1) is 0 Å². The van der Waals surface area contributed by atoms with Crippen LogP contribution in [0.2, 0.25) is 0 Å². The molecular formula is C18H17F4N5O2. The molecular weight excluding hydrogens is 394 g/mol. The summed E-state index contributed by atoms with van der Waals surface area (Å²) in [6.07, 6.45) is -2.66. The summed E-state index contributed by atoms with van der Waals surface area (Å²) >= 11 is 0. The van der Waals surface area contributed by atoms with E-state index >= 15 is 0 Å². The number of aromatic nitrogens is 2. The van der Waals surface area contributed by atoms with Gasteiger partial charge in [0.15, 0.2) is 5.82 Å². The molecule has 11 heteroatoms. The molecule has 0 saturated carbocycles. The van der Waals surface area contributed by atoms with Crippen molar-refractivity contribution in [3.63, 3.8) is 0 Å². The van der Waals surface area contributed by atoms with Gasteiger partial charge in [-0.25, -0.2) is 14.4 Å². The van der Waals surface area contributed by atoms with Crippen molar-refractivity contribution in [2.75, 3.05) is 0 Å². The van der Waals surface area contributed by atoms with Gasteiger partial charge in [0.1, 0.15) is 12.0 Å². The van der Waals surface area contributed by atoms with Gasteiger partial charge in [-0.05, 0) is 25.1 Å². The molecule has 2 aromatic rings. The summed E-state index contributed by atoms with van der Waals surface area (Å²) in [4.78, 5) is 32.5. The van der Waals surface area contributed by atoms with Crippen molar-refractivity contribution in [2.24, 2.45) is 0 Å². The standard InChI is InChI=1S/C18H17F4N5O2/c1-9(11-4-3-10(7-12(11)19)18(20,21)22)25-17(29)13-8-14(28)27-16(26-13)15-23-5-2-6-24-15/h2-7,9,13,16,26H,8H2,1H3,(H,25,29)(H,27,28)/t9-,13?,16?/m1/s1. The average Bonchev–Trinajstić information content (AvgIpc) is 2.67. The number of carbonyl (C=O) groups excluding carboxylic acids is 2. The molecule has 2 amide bonds. The minimum Gasteiger partial charge on any atom is -0.348 e. The van der Waals surface area contributed by atoms with E-state index in [0.29, 0.717) is 6.07 Å². The van der Waals surface area contributed by atoms with Gasteiger partial charge in [-0.1, -0.05) is 6.07 Å². The van der Waals surface area contributed by atoms with Crippen LogP contribution in [0.4, 0.5) is 17.6 Å². The molecule has 29 heavy (non-hydrogen) atoms. The Morgan fingerprint density at radius 2 is 1.97 bits per heavy atom. The van der Waals surface area contributed by atoms with Crippen LogP contribution in [0.1, 0.15) is 42.5 Å². The molecule has 2 heterocycles. The van der Waals surface area contributed by atoms with Gasteiger partial charge in [0, 0.05) is 18.0 Å². The predicted octanol–water partition coefficient (Wildman–Crippen LogP) is 1.99. The number of halogens is 4. The zero-order valence-electron chi connectivity index (χ0n) is 15.1. The topological polar surface area (TPSA) is 96.0 Å². The number of amides is 2. The van der Waals surface area contributed by atoms with E-state index in [9.17, 15) is 27.2 Å². The second-order valence-corrected chi connectivity index (χ2v) is 6.50. The number of benzene rings is 1. The van der Waals surface area contributed by atoms with Gasteiger partial charge in [0.05, 0.1) is 24.1 Å². The fourth-order valence-corrected chi connectivity index (χ4v) is 2.92. The van der Waals surface area contributed by atoms with Crippen molar-refractivity contribution in [2.45, 2.75) is 37.8 Å². The van der Waals surface area contributed by atoms with Gasteiger partial charge in [0.2, 0.25) is 11.8 Å². The first-order valence-electron chi connectivity index (χ1n) is 8.64. The van der Waals surface area contributed by atoms with Gasteiger partial charge in [0.25, 0.3) is 0 Å². The molecule has 7 nitrogen and oxygen atoms in total. The van der Waals surface area contributed by atoms with Gasteiger partial charge in [-0.2, -0.15) is 13.2 Å². The van der Waals surface area contributed by atoms with Crippen molar-refractivity contribution in [3.8, 4) is 0 Å². The Kier molecular flexibility index (Phi) is 5.78. The third kappa shape index (κ3) is 4.86. The highest BCUT2D eigenvalue weighted by Crippen LogP contribution is 2.31. The molecule has 1 aromatic carbocycles. The van der Waals surface area contributed by atoms with E-state index in [-0.39, 0.29) is 17.8 Å². The van der Waals surface area contributed by atoms with Crippen LogP contribution < -0.4 is 16.0 Å². The SMILES string of the molecule is C[C@@H](NC(=O)C1CC(=O)NC(c2ncccn2)N1)c1ccc(C(F)(F)F)cc1F. The molecule has 1 aliphatic heterocycles. The molecule has 3 atom stereocenters. The predicted molar refractivity (Wildman–Crippen MR) is 92.4 cm³/mol. The number of hydrogen-bond acceptors (Lipinski definition) is 5. The van der Waals surface area contributed by atoms with Crippen LogP contribution in [0.3, 0.4) is 0 Å². The van der Waals surface area contributed by atoms with Crippen LogP contribution in [0.5, 0.6) is 0 Å². The van der Waals surface area contributed by atoms with Crippen molar-refractivity contribution in [3.05, 3.63) is 59.4 Å². The van der Waals surface area contributed by atoms with Gasteiger partial charge >= 0.3 is 6.18 Å². The van der Waals surface area contributed by atoms with Gasteiger partial charge < -0.3 is 10.6 Å². The summed E-state index contributed by atoms with van der Waals surface area (Å²) in [6, 6.07) is 1.84. The number of hydrogen-bond donors (Lipinski definition) is 3. The van der Waals surface area contributed by atoms with E-state index in [4.69, 9.17) is 0 Å². The maximum Gasteiger partial charge on any atom is 0.416 e. The third-order valence-electron chi connectivity index (χ3n) is 4.38. The van der Waals surface area contributed by atoms with E-state index < -0.39 is 47.6 Å².